The Morgan fingerprint density at radius 1 is 0.333 bits per heavy atom. The van der Waals surface area contributed by atoms with Crippen molar-refractivity contribution in [1.82, 2.24) is 0 Å². The molecule has 21 heavy (non-hydrogen) atoms. The SMILES string of the molecule is C.C.C.c1ccc(-c2ccccc2-c2ccccc2)cc1. The second-order valence-corrected chi connectivity index (χ2v) is 4.28. The Morgan fingerprint density at radius 2 is 0.619 bits per heavy atom. The molecule has 0 N–H and O–H groups in total. The Balaban J connectivity index is 0.00000133. The molecule has 0 radical (unpaired) electrons. The largest absolute Gasteiger partial charge is 0.0776 e. The first-order valence-corrected chi connectivity index (χ1v) is 6.15. The lowest BCUT2D eigenvalue weighted by Crippen LogP contribution is -1.83. The molecule has 0 bridgehead atoms. The minimum Gasteiger partial charge on any atom is -0.0776 e. The molecule has 0 fully saturated rings. The van der Waals surface area contributed by atoms with Crippen molar-refractivity contribution in [1.29, 1.82) is 0 Å². The molecule has 3 aromatic rings. The zero-order valence-electron chi connectivity index (χ0n) is 10.1. The lowest BCUT2D eigenvalue weighted by molar-refractivity contribution is 1.58. The minimum absolute atomic E-state index is 0. The summed E-state index contributed by atoms with van der Waals surface area (Å²) >= 11 is 0. The number of hydrogen-bond donors (Lipinski definition) is 0. The molecule has 0 aliphatic carbocycles. The van der Waals surface area contributed by atoms with Crippen LogP contribution in [0, 0.1) is 0 Å². The minimum atomic E-state index is 0. The monoisotopic (exact) mass is 278 g/mol. The van der Waals surface area contributed by atoms with E-state index in [2.05, 4.69) is 84.9 Å². The molecular weight excluding hydrogens is 252 g/mol. The van der Waals surface area contributed by atoms with E-state index in [0.29, 0.717) is 0 Å². The van der Waals surface area contributed by atoms with Crippen molar-refractivity contribution in [2.24, 2.45) is 0 Å². The van der Waals surface area contributed by atoms with Gasteiger partial charge in [-0.25, -0.2) is 0 Å². The first kappa shape index (κ1) is 18.7. The summed E-state index contributed by atoms with van der Waals surface area (Å²) in [6, 6.07) is 29.6. The summed E-state index contributed by atoms with van der Waals surface area (Å²) in [6.45, 7) is 0. The van der Waals surface area contributed by atoms with Gasteiger partial charge in [0.15, 0.2) is 0 Å². The van der Waals surface area contributed by atoms with Gasteiger partial charge >= 0.3 is 0 Å². The molecule has 3 aromatic carbocycles. The van der Waals surface area contributed by atoms with Gasteiger partial charge in [0.1, 0.15) is 0 Å². The quantitative estimate of drug-likeness (QED) is 0.477. The van der Waals surface area contributed by atoms with E-state index in [1.807, 2.05) is 0 Å². The summed E-state index contributed by atoms with van der Waals surface area (Å²) in [5.74, 6) is 0. The molecule has 0 aliphatic heterocycles. The van der Waals surface area contributed by atoms with Gasteiger partial charge < -0.3 is 0 Å². The third kappa shape index (κ3) is 4.06. The maximum absolute atomic E-state index is 2.18. The smallest absolute Gasteiger partial charge is 0.0105 e. The normalized spacial score (nSPS) is 8.76. The van der Waals surface area contributed by atoms with E-state index in [1.54, 1.807) is 0 Å². The van der Waals surface area contributed by atoms with Crippen LogP contribution >= 0.6 is 0 Å². The lowest BCUT2D eigenvalue weighted by atomic mass is 9.95. The maximum Gasteiger partial charge on any atom is -0.0105 e. The zero-order valence-corrected chi connectivity index (χ0v) is 10.1. The van der Waals surface area contributed by atoms with Gasteiger partial charge in [-0.15, -0.1) is 0 Å². The van der Waals surface area contributed by atoms with Gasteiger partial charge in [0.05, 0.1) is 0 Å². The van der Waals surface area contributed by atoms with Gasteiger partial charge in [-0.2, -0.15) is 0 Å². The summed E-state index contributed by atoms with van der Waals surface area (Å²) in [4.78, 5) is 0. The zero-order chi connectivity index (χ0) is 12.2. The Hall–Kier alpha value is -2.34. The van der Waals surface area contributed by atoms with Crippen LogP contribution in [0.1, 0.15) is 22.3 Å². The van der Waals surface area contributed by atoms with Crippen LogP contribution in [0.4, 0.5) is 0 Å². The highest BCUT2D eigenvalue weighted by Gasteiger charge is 2.05. The maximum atomic E-state index is 2.18. The van der Waals surface area contributed by atoms with Gasteiger partial charge in [-0.1, -0.05) is 107 Å². The van der Waals surface area contributed by atoms with Crippen LogP contribution in [0.2, 0.25) is 0 Å². The highest BCUT2D eigenvalue weighted by molar-refractivity contribution is 5.83. The van der Waals surface area contributed by atoms with Crippen LogP contribution in [-0.2, 0) is 0 Å². The molecule has 3 rings (SSSR count). The highest BCUT2D eigenvalue weighted by Crippen LogP contribution is 2.31. The molecule has 0 aromatic heterocycles. The predicted molar refractivity (Wildman–Crippen MR) is 97.5 cm³/mol. The molecule has 0 aliphatic rings. The van der Waals surface area contributed by atoms with Crippen LogP contribution in [-0.4, -0.2) is 0 Å². The van der Waals surface area contributed by atoms with Gasteiger partial charge in [0.25, 0.3) is 0 Å². The molecule has 0 heterocycles. The molecule has 0 saturated heterocycles. The van der Waals surface area contributed by atoms with Crippen LogP contribution in [0.3, 0.4) is 0 Å². The average molecular weight is 278 g/mol. The first-order valence-electron chi connectivity index (χ1n) is 6.15. The fourth-order valence-corrected chi connectivity index (χ4v) is 2.22. The summed E-state index contributed by atoms with van der Waals surface area (Å²) in [7, 11) is 0. The molecule has 0 atom stereocenters. The number of hydrogen-bond acceptors (Lipinski definition) is 0. The Labute approximate surface area is 130 Å². The van der Waals surface area contributed by atoms with Crippen LogP contribution < -0.4 is 0 Å². The van der Waals surface area contributed by atoms with E-state index in [4.69, 9.17) is 0 Å². The van der Waals surface area contributed by atoms with E-state index in [-0.39, 0.29) is 22.3 Å². The first-order chi connectivity index (χ1) is 8.95. The van der Waals surface area contributed by atoms with Gasteiger partial charge in [-0.05, 0) is 22.3 Å². The Kier molecular flexibility index (Phi) is 7.78. The summed E-state index contributed by atoms with van der Waals surface area (Å²) in [5.41, 5.74) is 5.09. The van der Waals surface area contributed by atoms with Gasteiger partial charge in [0.2, 0.25) is 0 Å². The highest BCUT2D eigenvalue weighted by atomic mass is 14.1. The molecule has 0 amide bonds. The fraction of sp³-hybridized carbons (Fsp3) is 0.143. The van der Waals surface area contributed by atoms with Crippen LogP contribution in [0.5, 0.6) is 0 Å². The predicted octanol–water partition coefficient (Wildman–Crippen LogP) is 6.93. The Bertz CT molecular complexity index is 566. The number of benzene rings is 3. The molecular formula is C21H26. The van der Waals surface area contributed by atoms with E-state index in [0.717, 1.165) is 0 Å². The van der Waals surface area contributed by atoms with Crippen LogP contribution in [0.15, 0.2) is 84.9 Å². The molecule has 0 heteroatoms. The van der Waals surface area contributed by atoms with Crippen molar-refractivity contribution in [3.8, 4) is 22.3 Å². The van der Waals surface area contributed by atoms with Gasteiger partial charge in [-0.3, -0.25) is 0 Å². The third-order valence-electron chi connectivity index (χ3n) is 3.10. The van der Waals surface area contributed by atoms with Crippen molar-refractivity contribution in [3.05, 3.63) is 84.9 Å². The van der Waals surface area contributed by atoms with Gasteiger partial charge in [0, 0.05) is 0 Å². The standard InChI is InChI=1S/C18H14.3CH4/c1-3-9-15(10-4-1)17-13-7-8-14-18(17)16-11-5-2-6-12-16;;;/h1-14H;3*1H4. The van der Waals surface area contributed by atoms with Crippen molar-refractivity contribution >= 4 is 0 Å². The number of rotatable bonds is 2. The van der Waals surface area contributed by atoms with Crippen LogP contribution in [0.25, 0.3) is 22.3 Å². The third-order valence-corrected chi connectivity index (χ3v) is 3.10. The van der Waals surface area contributed by atoms with E-state index >= 15 is 0 Å². The van der Waals surface area contributed by atoms with Crippen molar-refractivity contribution in [2.45, 2.75) is 22.3 Å². The molecule has 0 spiro atoms. The summed E-state index contributed by atoms with van der Waals surface area (Å²) in [5, 5.41) is 0. The summed E-state index contributed by atoms with van der Waals surface area (Å²) in [6.07, 6.45) is 0. The second-order valence-electron chi connectivity index (χ2n) is 4.28. The Morgan fingerprint density at radius 3 is 0.952 bits per heavy atom. The van der Waals surface area contributed by atoms with E-state index in [9.17, 15) is 0 Å². The van der Waals surface area contributed by atoms with E-state index in [1.165, 1.54) is 22.3 Å². The van der Waals surface area contributed by atoms with Crippen molar-refractivity contribution in [2.75, 3.05) is 0 Å². The van der Waals surface area contributed by atoms with Crippen molar-refractivity contribution < 1.29 is 0 Å². The topological polar surface area (TPSA) is 0 Å². The average Bonchev–Trinajstić information content (AvgIpc) is 2.49. The lowest BCUT2D eigenvalue weighted by Gasteiger charge is -2.09. The van der Waals surface area contributed by atoms with Crippen molar-refractivity contribution in [3.63, 3.8) is 0 Å². The fourth-order valence-electron chi connectivity index (χ4n) is 2.22. The second kappa shape index (κ2) is 8.76. The molecule has 110 valence electrons. The molecule has 0 nitrogen and oxygen atoms in total. The molecule has 0 saturated carbocycles. The summed E-state index contributed by atoms with van der Waals surface area (Å²) < 4.78 is 0. The van der Waals surface area contributed by atoms with E-state index < -0.39 is 0 Å². The molecule has 0 unspecified atom stereocenters.